The van der Waals surface area contributed by atoms with Gasteiger partial charge in [0.15, 0.2) is 11.5 Å². The molecule has 0 bridgehead atoms. The number of rotatable bonds is 6. The summed E-state index contributed by atoms with van der Waals surface area (Å²) in [4.78, 5) is 13.8. The third-order valence-corrected chi connectivity index (χ3v) is 3.20. The van der Waals surface area contributed by atoms with Gasteiger partial charge in [-0.3, -0.25) is 0 Å². The van der Waals surface area contributed by atoms with E-state index in [2.05, 4.69) is 15.0 Å². The maximum absolute atomic E-state index is 14.0. The lowest BCUT2D eigenvalue weighted by Crippen LogP contribution is -2.28. The maximum Gasteiger partial charge on any atom is 0.230 e. The fourth-order valence-electron chi connectivity index (χ4n) is 1.92. The number of nitrogens with zero attached hydrogens (tertiary/aromatic N) is 4. The van der Waals surface area contributed by atoms with Crippen molar-refractivity contribution in [3.63, 3.8) is 0 Å². The molecule has 1 heterocycles. The van der Waals surface area contributed by atoms with Gasteiger partial charge in [0.25, 0.3) is 0 Å². The average Bonchev–Trinajstić information content (AvgIpc) is 2.45. The zero-order valence-electron chi connectivity index (χ0n) is 13.9. The molecule has 6 nitrogen and oxygen atoms in total. The molecule has 0 radical (unpaired) electrons. The Bertz CT molecular complexity index is 672. The van der Waals surface area contributed by atoms with Crippen LogP contribution in [0.1, 0.15) is 25.2 Å². The Hall–Kier alpha value is -2.44. The number of aryl methyl sites for hydroxylation is 1. The summed E-state index contributed by atoms with van der Waals surface area (Å²) in [5.41, 5.74) is 5.10. The molecule has 0 amide bonds. The molecular weight excluding hydrogens is 297 g/mol. The third-order valence-electron chi connectivity index (χ3n) is 3.20. The van der Waals surface area contributed by atoms with E-state index in [0.29, 0.717) is 19.1 Å². The molecule has 0 unspecified atom stereocenters. The molecule has 1 aromatic heterocycles. The highest BCUT2D eigenvalue weighted by Crippen LogP contribution is 2.22. The van der Waals surface area contributed by atoms with Crippen molar-refractivity contribution in [2.45, 2.75) is 26.4 Å². The third kappa shape index (κ3) is 4.77. The Balaban J connectivity index is 2.00. The molecule has 0 fully saturated rings. The molecule has 2 rings (SSSR count). The van der Waals surface area contributed by atoms with Gasteiger partial charge in [-0.05, 0) is 38.5 Å². The lowest BCUT2D eigenvalue weighted by molar-refractivity contribution is 0.206. The molecule has 124 valence electrons. The van der Waals surface area contributed by atoms with Crippen LogP contribution in [0.4, 0.5) is 16.3 Å². The van der Waals surface area contributed by atoms with Crippen LogP contribution < -0.4 is 15.4 Å². The number of nitrogen functional groups attached to an aromatic ring is 1. The molecule has 0 spiro atoms. The summed E-state index contributed by atoms with van der Waals surface area (Å²) in [7, 11) is 1.80. The van der Waals surface area contributed by atoms with E-state index in [4.69, 9.17) is 10.5 Å². The number of aromatic nitrogens is 3. The van der Waals surface area contributed by atoms with Crippen LogP contribution in [0.3, 0.4) is 0 Å². The number of anilines is 2. The number of likely N-dealkylation sites (N-methyl/N-ethyl adjacent to an activating group) is 1. The first-order valence-corrected chi connectivity index (χ1v) is 7.37. The smallest absolute Gasteiger partial charge is 0.230 e. The number of ether oxygens (including phenoxy) is 1. The van der Waals surface area contributed by atoms with Crippen molar-refractivity contribution in [1.82, 2.24) is 15.0 Å². The van der Waals surface area contributed by atoms with Gasteiger partial charge in [-0.25, -0.2) is 4.39 Å². The number of halogens is 1. The summed E-state index contributed by atoms with van der Waals surface area (Å²) in [6.07, 6.45) is 0. The van der Waals surface area contributed by atoms with Gasteiger partial charge in [0, 0.05) is 7.05 Å². The lowest BCUT2D eigenvalue weighted by atomic mass is 10.1. The van der Waals surface area contributed by atoms with E-state index in [1.54, 1.807) is 11.9 Å². The van der Waals surface area contributed by atoms with E-state index >= 15 is 0 Å². The second-order valence-electron chi connectivity index (χ2n) is 5.88. The molecule has 2 N–H and O–H groups in total. The summed E-state index contributed by atoms with van der Waals surface area (Å²) < 4.78 is 19.7. The van der Waals surface area contributed by atoms with Crippen molar-refractivity contribution in [2.24, 2.45) is 0 Å². The van der Waals surface area contributed by atoms with Crippen molar-refractivity contribution in [3.05, 3.63) is 35.7 Å². The van der Waals surface area contributed by atoms with Gasteiger partial charge < -0.3 is 15.4 Å². The Morgan fingerprint density at radius 2 is 2.00 bits per heavy atom. The second kappa shape index (κ2) is 6.76. The number of hydrogen-bond donors (Lipinski definition) is 1. The summed E-state index contributed by atoms with van der Waals surface area (Å²) in [6.45, 7) is 5.75. The van der Waals surface area contributed by atoms with Gasteiger partial charge in [-0.1, -0.05) is 12.1 Å². The predicted molar refractivity (Wildman–Crippen MR) is 88.3 cm³/mol. The highest BCUT2D eigenvalue weighted by molar-refractivity contribution is 5.34. The number of alkyl halides is 1. The van der Waals surface area contributed by atoms with Crippen molar-refractivity contribution in [2.75, 3.05) is 30.8 Å². The van der Waals surface area contributed by atoms with Crippen LogP contribution in [0.25, 0.3) is 0 Å². The van der Waals surface area contributed by atoms with Gasteiger partial charge >= 0.3 is 0 Å². The first-order valence-electron chi connectivity index (χ1n) is 7.37. The minimum absolute atomic E-state index is 0.00202. The van der Waals surface area contributed by atoms with Crippen LogP contribution in [-0.4, -0.2) is 35.2 Å². The molecule has 0 atom stereocenters. The predicted octanol–water partition coefficient (Wildman–Crippen LogP) is 2.48. The van der Waals surface area contributed by atoms with Crippen molar-refractivity contribution in [1.29, 1.82) is 0 Å². The van der Waals surface area contributed by atoms with Crippen LogP contribution in [0.15, 0.2) is 24.3 Å². The molecule has 0 saturated carbocycles. The van der Waals surface area contributed by atoms with Gasteiger partial charge in [-0.2, -0.15) is 15.0 Å². The quantitative estimate of drug-likeness (QED) is 0.881. The minimum atomic E-state index is -1.68. The molecule has 0 aliphatic rings. The first-order chi connectivity index (χ1) is 10.8. The van der Waals surface area contributed by atoms with Gasteiger partial charge in [0.05, 0.1) is 6.54 Å². The Morgan fingerprint density at radius 3 is 2.65 bits per heavy atom. The van der Waals surface area contributed by atoms with E-state index < -0.39 is 5.67 Å². The molecule has 0 aliphatic heterocycles. The molecule has 0 aliphatic carbocycles. The van der Waals surface area contributed by atoms with Crippen LogP contribution in [0.2, 0.25) is 0 Å². The van der Waals surface area contributed by atoms with Crippen LogP contribution >= 0.6 is 0 Å². The van der Waals surface area contributed by atoms with Crippen LogP contribution in [-0.2, 0) is 5.67 Å². The molecule has 2 aromatic rings. The molecule has 23 heavy (non-hydrogen) atoms. The van der Waals surface area contributed by atoms with Gasteiger partial charge in [0.1, 0.15) is 12.4 Å². The van der Waals surface area contributed by atoms with Crippen LogP contribution in [0.5, 0.6) is 5.75 Å². The SMILES string of the molecule is Cc1cccc(OCCN(C)c2nc(N)nc(C(C)(C)F)n2)c1. The van der Waals surface area contributed by atoms with Crippen LogP contribution in [0, 0.1) is 6.92 Å². The average molecular weight is 319 g/mol. The monoisotopic (exact) mass is 319 g/mol. The second-order valence-corrected chi connectivity index (χ2v) is 5.88. The zero-order valence-corrected chi connectivity index (χ0v) is 13.9. The van der Waals surface area contributed by atoms with E-state index in [0.717, 1.165) is 11.3 Å². The van der Waals surface area contributed by atoms with Crippen molar-refractivity contribution >= 4 is 11.9 Å². The maximum atomic E-state index is 14.0. The number of nitrogens with two attached hydrogens (primary N) is 1. The molecule has 1 aromatic carbocycles. The molecule has 7 heteroatoms. The topological polar surface area (TPSA) is 77.2 Å². The van der Waals surface area contributed by atoms with Gasteiger partial charge in [-0.15, -0.1) is 0 Å². The molecule has 0 saturated heterocycles. The summed E-state index contributed by atoms with van der Waals surface area (Å²) in [5, 5.41) is 0. The Labute approximate surface area is 135 Å². The molecular formula is C16H22FN5O. The zero-order chi connectivity index (χ0) is 17.0. The van der Waals surface area contributed by atoms with Gasteiger partial charge in [0.2, 0.25) is 11.9 Å². The standard InChI is InChI=1S/C16H22FN5O/c1-11-6-5-7-12(10-11)23-9-8-22(4)15-20-13(16(2,3)17)19-14(18)21-15/h5-7,10H,8-9H2,1-4H3,(H2,18,19,20,21). The largest absolute Gasteiger partial charge is 0.492 e. The van der Waals surface area contributed by atoms with E-state index in [9.17, 15) is 4.39 Å². The number of hydrogen-bond acceptors (Lipinski definition) is 6. The van der Waals surface area contributed by atoms with E-state index in [1.165, 1.54) is 13.8 Å². The Morgan fingerprint density at radius 1 is 1.26 bits per heavy atom. The fourth-order valence-corrected chi connectivity index (χ4v) is 1.92. The summed E-state index contributed by atoms with van der Waals surface area (Å²) >= 11 is 0. The van der Waals surface area contributed by atoms with E-state index in [-0.39, 0.29) is 11.8 Å². The lowest BCUT2D eigenvalue weighted by Gasteiger charge is -2.20. The minimum Gasteiger partial charge on any atom is -0.492 e. The normalized spacial score (nSPS) is 11.3. The first kappa shape index (κ1) is 16.9. The van der Waals surface area contributed by atoms with E-state index in [1.807, 2.05) is 31.2 Å². The Kier molecular flexibility index (Phi) is 4.98. The highest BCUT2D eigenvalue weighted by atomic mass is 19.1. The van der Waals surface area contributed by atoms with Crippen molar-refractivity contribution < 1.29 is 9.13 Å². The van der Waals surface area contributed by atoms with Crippen molar-refractivity contribution in [3.8, 4) is 5.75 Å². The fraction of sp³-hybridized carbons (Fsp3) is 0.438. The summed E-state index contributed by atoms with van der Waals surface area (Å²) in [5.74, 6) is 1.15. The summed E-state index contributed by atoms with van der Waals surface area (Å²) in [6, 6.07) is 7.81. The number of benzene rings is 1. The highest BCUT2D eigenvalue weighted by Gasteiger charge is 2.24.